The van der Waals surface area contributed by atoms with Gasteiger partial charge in [0.1, 0.15) is 0 Å². The molecule has 1 aromatic heterocycles. The van der Waals surface area contributed by atoms with Gasteiger partial charge in [-0.2, -0.15) is 4.98 Å². The minimum Gasteiger partial charge on any atom is -0.380 e. The summed E-state index contributed by atoms with van der Waals surface area (Å²) in [7, 11) is 1.68. The highest BCUT2D eigenvalue weighted by Crippen LogP contribution is 1.94. The van der Waals surface area contributed by atoms with Crippen molar-refractivity contribution in [3.8, 4) is 0 Å². The summed E-state index contributed by atoms with van der Waals surface area (Å²) in [5.41, 5.74) is 0. The van der Waals surface area contributed by atoms with Crippen LogP contribution in [0.4, 0.5) is 0 Å². The van der Waals surface area contributed by atoms with Crippen LogP contribution in [0, 0.1) is 6.92 Å². The Morgan fingerprint density at radius 1 is 1.62 bits per heavy atom. The summed E-state index contributed by atoms with van der Waals surface area (Å²) in [4.78, 5) is 4.05. The Morgan fingerprint density at radius 2 is 2.38 bits per heavy atom. The summed E-state index contributed by atoms with van der Waals surface area (Å²) < 4.78 is 9.98. The lowest BCUT2D eigenvalue weighted by Crippen LogP contribution is -2.25. The Morgan fingerprint density at radius 3 is 2.92 bits per heavy atom. The average Bonchev–Trinajstić information content (AvgIpc) is 2.51. The van der Waals surface area contributed by atoms with E-state index < -0.39 is 0 Å². The molecule has 0 amide bonds. The summed E-state index contributed by atoms with van der Waals surface area (Å²) in [6.07, 6.45) is 0.198. The number of methoxy groups -OCH3 is 1. The molecule has 1 rings (SSSR count). The van der Waals surface area contributed by atoms with E-state index in [9.17, 15) is 0 Å². The highest BCUT2D eigenvalue weighted by atomic mass is 16.5. The first-order valence-corrected chi connectivity index (χ1v) is 4.25. The van der Waals surface area contributed by atoms with Crippen LogP contribution in [0.5, 0.6) is 0 Å². The van der Waals surface area contributed by atoms with Gasteiger partial charge in [0, 0.05) is 13.7 Å². The fourth-order valence-electron chi connectivity index (χ4n) is 0.878. The third kappa shape index (κ3) is 3.52. The molecular weight excluding hydrogens is 170 g/mol. The van der Waals surface area contributed by atoms with Crippen molar-refractivity contribution in [1.82, 2.24) is 15.5 Å². The van der Waals surface area contributed by atoms with E-state index in [1.54, 1.807) is 14.0 Å². The number of hydrogen-bond donors (Lipinski definition) is 1. The Balaban J connectivity index is 2.20. The molecule has 0 saturated carbocycles. The molecule has 5 nitrogen and oxygen atoms in total. The molecule has 1 aromatic rings. The van der Waals surface area contributed by atoms with Crippen LogP contribution in [0.3, 0.4) is 0 Å². The van der Waals surface area contributed by atoms with Gasteiger partial charge < -0.3 is 14.6 Å². The summed E-state index contributed by atoms with van der Waals surface area (Å²) >= 11 is 0. The average molecular weight is 185 g/mol. The summed E-state index contributed by atoms with van der Waals surface area (Å²) in [5.74, 6) is 1.28. The summed E-state index contributed by atoms with van der Waals surface area (Å²) in [6.45, 7) is 5.16. The van der Waals surface area contributed by atoms with Gasteiger partial charge in [-0.25, -0.2) is 0 Å². The molecule has 0 spiro atoms. The smallest absolute Gasteiger partial charge is 0.240 e. The van der Waals surface area contributed by atoms with E-state index in [1.165, 1.54) is 0 Å². The predicted octanol–water partition coefficient (Wildman–Crippen LogP) is 0.503. The fraction of sp³-hybridized carbons (Fsp3) is 0.750. The maximum atomic E-state index is 5.06. The van der Waals surface area contributed by atoms with Crippen molar-refractivity contribution >= 4 is 0 Å². The summed E-state index contributed by atoms with van der Waals surface area (Å²) in [5, 5.41) is 6.82. The molecule has 0 fully saturated rings. The van der Waals surface area contributed by atoms with Gasteiger partial charge in [-0.3, -0.25) is 0 Å². The fourth-order valence-corrected chi connectivity index (χ4v) is 0.878. The number of hydrogen-bond acceptors (Lipinski definition) is 5. The Kier molecular flexibility index (Phi) is 3.85. The molecule has 1 N–H and O–H groups in total. The lowest BCUT2D eigenvalue weighted by molar-refractivity contribution is 0.116. The van der Waals surface area contributed by atoms with Crippen LogP contribution in [0.15, 0.2) is 4.52 Å². The first kappa shape index (κ1) is 10.1. The van der Waals surface area contributed by atoms with Crippen LogP contribution in [-0.4, -0.2) is 29.9 Å². The second-order valence-electron chi connectivity index (χ2n) is 2.91. The van der Waals surface area contributed by atoms with Crippen LogP contribution in [0.25, 0.3) is 0 Å². The van der Waals surface area contributed by atoms with Crippen molar-refractivity contribution in [1.29, 1.82) is 0 Å². The first-order valence-electron chi connectivity index (χ1n) is 4.25. The van der Waals surface area contributed by atoms with Gasteiger partial charge in [-0.15, -0.1) is 0 Å². The van der Waals surface area contributed by atoms with Crippen molar-refractivity contribution < 1.29 is 9.26 Å². The van der Waals surface area contributed by atoms with Crippen molar-refractivity contribution in [3.05, 3.63) is 11.7 Å². The predicted molar refractivity (Wildman–Crippen MR) is 47.2 cm³/mol. The van der Waals surface area contributed by atoms with Crippen molar-refractivity contribution in [3.63, 3.8) is 0 Å². The molecular formula is C8H15N3O2. The third-order valence-electron chi connectivity index (χ3n) is 1.68. The molecule has 5 heteroatoms. The Hall–Kier alpha value is -0.940. The van der Waals surface area contributed by atoms with E-state index in [2.05, 4.69) is 15.5 Å². The summed E-state index contributed by atoms with van der Waals surface area (Å²) in [6, 6.07) is 0. The van der Waals surface area contributed by atoms with Gasteiger partial charge in [-0.1, -0.05) is 5.16 Å². The van der Waals surface area contributed by atoms with Gasteiger partial charge in [0.05, 0.1) is 12.6 Å². The Bertz CT molecular complexity index is 249. The molecule has 0 aromatic carbocycles. The van der Waals surface area contributed by atoms with E-state index >= 15 is 0 Å². The normalized spacial score (nSPS) is 13.2. The number of aromatic nitrogens is 2. The van der Waals surface area contributed by atoms with E-state index in [0.717, 1.165) is 6.54 Å². The van der Waals surface area contributed by atoms with E-state index in [1.807, 2.05) is 6.92 Å². The van der Waals surface area contributed by atoms with E-state index in [0.29, 0.717) is 18.3 Å². The highest BCUT2D eigenvalue weighted by molar-refractivity contribution is 4.81. The monoisotopic (exact) mass is 185 g/mol. The van der Waals surface area contributed by atoms with Gasteiger partial charge in [0.25, 0.3) is 0 Å². The minimum atomic E-state index is 0.198. The van der Waals surface area contributed by atoms with Crippen LogP contribution < -0.4 is 5.32 Å². The number of ether oxygens (including phenoxy) is 1. The zero-order chi connectivity index (χ0) is 9.68. The second-order valence-corrected chi connectivity index (χ2v) is 2.91. The van der Waals surface area contributed by atoms with Crippen LogP contribution in [0.2, 0.25) is 0 Å². The van der Waals surface area contributed by atoms with E-state index in [-0.39, 0.29) is 6.10 Å². The largest absolute Gasteiger partial charge is 0.380 e. The van der Waals surface area contributed by atoms with Crippen molar-refractivity contribution in [2.45, 2.75) is 26.5 Å². The zero-order valence-electron chi connectivity index (χ0n) is 8.20. The van der Waals surface area contributed by atoms with Gasteiger partial charge in [-0.05, 0) is 13.8 Å². The molecule has 0 aliphatic heterocycles. The first-order chi connectivity index (χ1) is 6.22. The topological polar surface area (TPSA) is 60.2 Å². The lowest BCUT2D eigenvalue weighted by Gasteiger charge is -2.08. The van der Waals surface area contributed by atoms with Crippen LogP contribution in [0.1, 0.15) is 18.6 Å². The van der Waals surface area contributed by atoms with Crippen LogP contribution >= 0.6 is 0 Å². The van der Waals surface area contributed by atoms with E-state index in [4.69, 9.17) is 9.26 Å². The maximum Gasteiger partial charge on any atom is 0.240 e. The molecule has 0 radical (unpaired) electrons. The molecule has 0 bridgehead atoms. The molecule has 0 saturated heterocycles. The van der Waals surface area contributed by atoms with Crippen molar-refractivity contribution in [2.24, 2.45) is 0 Å². The molecule has 1 heterocycles. The number of nitrogens with one attached hydrogen (secondary N) is 1. The Labute approximate surface area is 77.5 Å². The minimum absolute atomic E-state index is 0.198. The maximum absolute atomic E-state index is 5.06. The zero-order valence-corrected chi connectivity index (χ0v) is 8.20. The molecule has 13 heavy (non-hydrogen) atoms. The number of rotatable bonds is 5. The van der Waals surface area contributed by atoms with Crippen LogP contribution in [-0.2, 0) is 11.3 Å². The molecule has 0 aliphatic rings. The quantitative estimate of drug-likeness (QED) is 0.724. The number of aryl methyl sites for hydroxylation is 1. The molecule has 1 unspecified atom stereocenters. The molecule has 1 atom stereocenters. The second kappa shape index (κ2) is 4.94. The van der Waals surface area contributed by atoms with Crippen molar-refractivity contribution in [2.75, 3.05) is 13.7 Å². The van der Waals surface area contributed by atoms with Gasteiger partial charge >= 0.3 is 0 Å². The molecule has 74 valence electrons. The highest BCUT2D eigenvalue weighted by Gasteiger charge is 2.03. The molecule has 0 aliphatic carbocycles. The standard InChI is InChI=1S/C8H15N3O2/c1-6(12-3)4-9-5-8-10-7(2)11-13-8/h6,9H,4-5H2,1-3H3. The SMILES string of the molecule is COC(C)CNCc1nc(C)no1. The lowest BCUT2D eigenvalue weighted by atomic mass is 10.4. The van der Waals surface area contributed by atoms with Gasteiger partial charge in [0.2, 0.25) is 5.89 Å². The number of nitrogens with zero attached hydrogens (tertiary/aromatic N) is 2. The van der Waals surface area contributed by atoms with Gasteiger partial charge in [0.15, 0.2) is 5.82 Å². The third-order valence-corrected chi connectivity index (χ3v) is 1.68.